The highest BCUT2D eigenvalue weighted by atomic mass is 16.5. The second kappa shape index (κ2) is 7.63. The van der Waals surface area contributed by atoms with Gasteiger partial charge in [-0.1, -0.05) is 30.3 Å². The number of methoxy groups -OCH3 is 2. The standard InChI is InChI=1S/C20H19N5O4/c1-28-15-9-8-13(10-16(15)29-2)18(27)22-19-23-20-21-17(26)11-14(25(20)24-19)12-6-4-3-5-7-12/h3-10,14H,11H2,1-2H3,(H2,21,22,23,24,26,27). The largest absolute Gasteiger partial charge is 0.493 e. The second-order valence-electron chi connectivity index (χ2n) is 6.41. The van der Waals surface area contributed by atoms with E-state index in [0.29, 0.717) is 17.1 Å². The highest BCUT2D eigenvalue weighted by molar-refractivity contribution is 6.04. The molecule has 0 spiro atoms. The highest BCUT2D eigenvalue weighted by Gasteiger charge is 2.29. The molecule has 148 valence electrons. The van der Waals surface area contributed by atoms with Crippen molar-refractivity contribution in [3.8, 4) is 11.5 Å². The van der Waals surface area contributed by atoms with Gasteiger partial charge in [0.1, 0.15) is 0 Å². The third kappa shape index (κ3) is 3.62. The molecule has 2 amide bonds. The lowest BCUT2D eigenvalue weighted by molar-refractivity contribution is -0.117. The lowest BCUT2D eigenvalue weighted by atomic mass is 10.0. The van der Waals surface area contributed by atoms with Crippen molar-refractivity contribution in [2.75, 3.05) is 24.9 Å². The first kappa shape index (κ1) is 18.5. The average Bonchev–Trinajstić information content (AvgIpc) is 3.15. The zero-order chi connectivity index (χ0) is 20.4. The fraction of sp³-hybridized carbons (Fsp3) is 0.200. The van der Waals surface area contributed by atoms with E-state index in [1.807, 2.05) is 30.3 Å². The number of rotatable bonds is 5. The van der Waals surface area contributed by atoms with Crippen molar-refractivity contribution in [3.63, 3.8) is 0 Å². The third-order valence-electron chi connectivity index (χ3n) is 4.61. The predicted molar refractivity (Wildman–Crippen MR) is 105 cm³/mol. The minimum absolute atomic E-state index is 0.0999. The van der Waals surface area contributed by atoms with Crippen molar-refractivity contribution < 1.29 is 19.1 Å². The fourth-order valence-electron chi connectivity index (χ4n) is 3.20. The first-order valence-electron chi connectivity index (χ1n) is 8.93. The predicted octanol–water partition coefficient (Wildman–Crippen LogP) is 2.48. The molecule has 2 aromatic carbocycles. The summed E-state index contributed by atoms with van der Waals surface area (Å²) in [6, 6.07) is 14.1. The molecule has 29 heavy (non-hydrogen) atoms. The lowest BCUT2D eigenvalue weighted by Crippen LogP contribution is -2.29. The van der Waals surface area contributed by atoms with Crippen LogP contribution in [-0.4, -0.2) is 40.8 Å². The van der Waals surface area contributed by atoms with Crippen molar-refractivity contribution in [2.24, 2.45) is 0 Å². The van der Waals surface area contributed by atoms with Gasteiger partial charge in [-0.2, -0.15) is 4.98 Å². The minimum Gasteiger partial charge on any atom is -0.493 e. The van der Waals surface area contributed by atoms with Gasteiger partial charge in [-0.05, 0) is 23.8 Å². The van der Waals surface area contributed by atoms with Gasteiger partial charge in [-0.25, -0.2) is 4.68 Å². The van der Waals surface area contributed by atoms with Crippen LogP contribution in [0.15, 0.2) is 48.5 Å². The molecule has 0 bridgehead atoms. The molecule has 3 aromatic rings. The number of anilines is 2. The zero-order valence-corrected chi connectivity index (χ0v) is 15.9. The van der Waals surface area contributed by atoms with Crippen molar-refractivity contribution in [2.45, 2.75) is 12.5 Å². The van der Waals surface area contributed by atoms with Crippen LogP contribution in [-0.2, 0) is 4.79 Å². The van der Waals surface area contributed by atoms with Crippen molar-refractivity contribution in [1.29, 1.82) is 0 Å². The number of ether oxygens (including phenoxy) is 2. The van der Waals surface area contributed by atoms with Gasteiger partial charge in [-0.3, -0.25) is 20.2 Å². The number of fused-ring (bicyclic) bond motifs is 1. The molecule has 0 aliphatic carbocycles. The molecule has 4 rings (SSSR count). The number of benzene rings is 2. The van der Waals surface area contributed by atoms with Crippen LogP contribution in [0.5, 0.6) is 11.5 Å². The monoisotopic (exact) mass is 393 g/mol. The molecule has 1 aliphatic heterocycles. The first-order valence-corrected chi connectivity index (χ1v) is 8.93. The minimum atomic E-state index is -0.406. The van der Waals surface area contributed by atoms with E-state index in [1.165, 1.54) is 14.2 Å². The molecule has 1 atom stereocenters. The molecule has 1 unspecified atom stereocenters. The van der Waals surface area contributed by atoms with Gasteiger partial charge in [0.05, 0.1) is 26.7 Å². The Morgan fingerprint density at radius 3 is 2.62 bits per heavy atom. The number of hydrogen-bond donors (Lipinski definition) is 2. The Kier molecular flexibility index (Phi) is 4.86. The molecule has 1 aliphatic rings. The molecule has 0 radical (unpaired) electrons. The summed E-state index contributed by atoms with van der Waals surface area (Å²) >= 11 is 0. The van der Waals surface area contributed by atoms with Gasteiger partial charge in [0.15, 0.2) is 11.5 Å². The Balaban J connectivity index is 1.60. The number of nitrogens with zero attached hydrogens (tertiary/aromatic N) is 3. The molecular weight excluding hydrogens is 374 g/mol. The summed E-state index contributed by atoms with van der Waals surface area (Å²) in [5.74, 6) is 0.787. The zero-order valence-electron chi connectivity index (χ0n) is 15.9. The molecule has 2 heterocycles. The van der Waals surface area contributed by atoms with E-state index in [1.54, 1.807) is 22.9 Å². The molecule has 0 saturated carbocycles. The lowest BCUT2D eigenvalue weighted by Gasteiger charge is -2.23. The second-order valence-corrected chi connectivity index (χ2v) is 6.41. The van der Waals surface area contributed by atoms with Gasteiger partial charge in [0.2, 0.25) is 11.9 Å². The van der Waals surface area contributed by atoms with E-state index in [9.17, 15) is 9.59 Å². The van der Waals surface area contributed by atoms with Crippen molar-refractivity contribution in [1.82, 2.24) is 14.8 Å². The molecule has 9 nitrogen and oxygen atoms in total. The van der Waals surface area contributed by atoms with Gasteiger partial charge >= 0.3 is 0 Å². The Bertz CT molecular complexity index is 1060. The van der Waals surface area contributed by atoms with Gasteiger partial charge in [0.25, 0.3) is 11.9 Å². The maximum Gasteiger partial charge on any atom is 0.258 e. The molecule has 0 saturated heterocycles. The summed E-state index contributed by atoms with van der Waals surface area (Å²) in [7, 11) is 3.02. The number of aromatic nitrogens is 3. The van der Waals surface area contributed by atoms with E-state index in [2.05, 4.69) is 20.7 Å². The quantitative estimate of drug-likeness (QED) is 0.690. The third-order valence-corrected chi connectivity index (χ3v) is 4.61. The number of amides is 2. The molecular formula is C20H19N5O4. The molecule has 1 aromatic heterocycles. The molecule has 9 heteroatoms. The number of carbonyl (C=O) groups excluding carboxylic acids is 2. The summed E-state index contributed by atoms with van der Waals surface area (Å²) in [6.07, 6.45) is 0.240. The SMILES string of the molecule is COc1ccc(C(=O)Nc2nc3n(n2)C(c2ccccc2)CC(=O)N3)cc1OC. The number of carbonyl (C=O) groups is 2. The number of hydrogen-bond acceptors (Lipinski definition) is 6. The summed E-state index contributed by atoms with van der Waals surface area (Å²) in [5.41, 5.74) is 1.30. The normalized spacial score (nSPS) is 15.2. The van der Waals surface area contributed by atoms with E-state index in [4.69, 9.17) is 9.47 Å². The van der Waals surface area contributed by atoms with Crippen LogP contribution in [0.2, 0.25) is 0 Å². The Hall–Kier alpha value is -3.88. The summed E-state index contributed by atoms with van der Waals surface area (Å²) in [4.78, 5) is 29.0. The van der Waals surface area contributed by atoms with Crippen LogP contribution >= 0.6 is 0 Å². The Morgan fingerprint density at radius 2 is 1.90 bits per heavy atom. The van der Waals surface area contributed by atoms with E-state index in [-0.39, 0.29) is 30.3 Å². The Morgan fingerprint density at radius 1 is 1.14 bits per heavy atom. The fourth-order valence-corrected chi connectivity index (χ4v) is 3.20. The first-order chi connectivity index (χ1) is 14.1. The summed E-state index contributed by atoms with van der Waals surface area (Å²) in [6.45, 7) is 0. The van der Waals surface area contributed by atoms with Crippen LogP contribution in [0, 0.1) is 0 Å². The molecule has 0 fully saturated rings. The number of nitrogens with one attached hydrogen (secondary N) is 2. The van der Waals surface area contributed by atoms with Gasteiger partial charge in [0, 0.05) is 5.56 Å². The van der Waals surface area contributed by atoms with Crippen LogP contribution in [0.3, 0.4) is 0 Å². The summed E-state index contributed by atoms with van der Waals surface area (Å²) in [5, 5.41) is 9.74. The summed E-state index contributed by atoms with van der Waals surface area (Å²) < 4.78 is 12.0. The Labute approximate surface area is 166 Å². The van der Waals surface area contributed by atoms with Gasteiger partial charge < -0.3 is 9.47 Å². The van der Waals surface area contributed by atoms with Crippen molar-refractivity contribution >= 4 is 23.7 Å². The maximum atomic E-state index is 12.6. The average molecular weight is 393 g/mol. The van der Waals surface area contributed by atoms with E-state index < -0.39 is 5.91 Å². The highest BCUT2D eigenvalue weighted by Crippen LogP contribution is 2.30. The van der Waals surface area contributed by atoms with Crippen LogP contribution in [0.1, 0.15) is 28.4 Å². The van der Waals surface area contributed by atoms with Crippen molar-refractivity contribution in [3.05, 3.63) is 59.7 Å². The smallest absolute Gasteiger partial charge is 0.258 e. The van der Waals surface area contributed by atoms with E-state index >= 15 is 0 Å². The van der Waals surface area contributed by atoms with Crippen LogP contribution in [0.25, 0.3) is 0 Å². The topological polar surface area (TPSA) is 107 Å². The van der Waals surface area contributed by atoms with E-state index in [0.717, 1.165) is 5.56 Å². The molecule has 2 N–H and O–H groups in total. The van der Waals surface area contributed by atoms with Crippen LogP contribution < -0.4 is 20.1 Å². The van der Waals surface area contributed by atoms with Crippen LogP contribution in [0.4, 0.5) is 11.9 Å². The van der Waals surface area contributed by atoms with Gasteiger partial charge in [-0.15, -0.1) is 5.10 Å². The maximum absolute atomic E-state index is 12.6.